The van der Waals surface area contributed by atoms with E-state index in [0.29, 0.717) is 14.9 Å². The van der Waals surface area contributed by atoms with Gasteiger partial charge in [0.2, 0.25) is 11.1 Å². The third kappa shape index (κ3) is 2.38. The fourth-order valence-corrected chi connectivity index (χ4v) is 3.16. The predicted molar refractivity (Wildman–Crippen MR) is 81.5 cm³/mol. The maximum Gasteiger partial charge on any atom is 0.362 e. The number of carbonyl (C=O) groups excluding carboxylic acids is 1. The summed E-state index contributed by atoms with van der Waals surface area (Å²) < 4.78 is 19.4. The number of hydrogen-bond donors (Lipinski definition) is 0. The number of aromatic nitrogens is 2. The quantitative estimate of drug-likeness (QED) is 0.674. The van der Waals surface area contributed by atoms with E-state index in [1.54, 1.807) is 0 Å². The number of thiophene rings is 1. The highest BCUT2D eigenvalue weighted by atomic mass is 35.5. The summed E-state index contributed by atoms with van der Waals surface area (Å²) in [6, 6.07) is 6.96. The van der Waals surface area contributed by atoms with Gasteiger partial charge in [0, 0.05) is 0 Å². The summed E-state index contributed by atoms with van der Waals surface area (Å²) in [6.45, 7) is 0. The zero-order valence-corrected chi connectivity index (χ0v) is 12.7. The first-order valence-electron chi connectivity index (χ1n) is 6.08. The Kier molecular flexibility index (Phi) is 3.67. The second-order valence-corrected chi connectivity index (χ2v) is 5.99. The molecule has 2 heterocycles. The van der Waals surface area contributed by atoms with Gasteiger partial charge in [-0.2, -0.15) is 5.10 Å². The molecule has 0 saturated heterocycles. The molecule has 0 amide bonds. The van der Waals surface area contributed by atoms with E-state index >= 15 is 0 Å². The van der Waals surface area contributed by atoms with Crippen molar-refractivity contribution in [2.24, 2.45) is 0 Å². The van der Waals surface area contributed by atoms with Gasteiger partial charge in [-0.25, -0.2) is 13.9 Å². The van der Waals surface area contributed by atoms with Gasteiger partial charge in [0.25, 0.3) is 0 Å². The van der Waals surface area contributed by atoms with Crippen LogP contribution >= 0.6 is 22.9 Å². The van der Waals surface area contributed by atoms with Crippen LogP contribution in [0.3, 0.4) is 0 Å². The number of fused-ring (bicyclic) bond motifs is 1. The average molecular weight is 339 g/mol. The van der Waals surface area contributed by atoms with Crippen molar-refractivity contribution in [3.8, 4) is 5.69 Å². The molecule has 0 radical (unpaired) electrons. The molecular weight excluding hydrogens is 331 g/mol. The van der Waals surface area contributed by atoms with E-state index < -0.39 is 17.2 Å². The molecular formula is C14H8ClFN2O3S. The molecule has 22 heavy (non-hydrogen) atoms. The Morgan fingerprint density at radius 1 is 1.36 bits per heavy atom. The molecule has 2 aromatic heterocycles. The normalized spacial score (nSPS) is 10.9. The third-order valence-corrected chi connectivity index (χ3v) is 4.22. The third-order valence-electron chi connectivity index (χ3n) is 2.98. The molecule has 112 valence electrons. The van der Waals surface area contributed by atoms with Gasteiger partial charge < -0.3 is 4.74 Å². The largest absolute Gasteiger partial charge is 0.464 e. The number of esters is 1. The van der Waals surface area contributed by atoms with Crippen LogP contribution in [0.4, 0.5) is 4.39 Å². The first kappa shape index (κ1) is 14.7. The fourth-order valence-electron chi connectivity index (χ4n) is 1.98. The van der Waals surface area contributed by atoms with Gasteiger partial charge in [0.05, 0.1) is 22.5 Å². The molecule has 0 unspecified atom stereocenters. The van der Waals surface area contributed by atoms with Crippen LogP contribution in [0.15, 0.2) is 35.1 Å². The van der Waals surface area contributed by atoms with Crippen molar-refractivity contribution in [1.29, 1.82) is 0 Å². The zero-order chi connectivity index (χ0) is 15.9. The number of benzene rings is 1. The molecule has 0 fully saturated rings. The molecule has 3 aromatic rings. The van der Waals surface area contributed by atoms with Crippen molar-refractivity contribution in [2.75, 3.05) is 7.11 Å². The number of ether oxygens (including phenoxy) is 1. The van der Waals surface area contributed by atoms with E-state index in [1.807, 2.05) is 0 Å². The van der Waals surface area contributed by atoms with Crippen LogP contribution in [0.25, 0.3) is 15.9 Å². The maximum absolute atomic E-state index is 13.1. The minimum atomic E-state index is -0.843. The predicted octanol–water partition coefficient (Wildman–Crippen LogP) is 3.03. The highest BCUT2D eigenvalue weighted by Gasteiger charge is 2.20. The first-order chi connectivity index (χ1) is 10.5. The lowest BCUT2D eigenvalue weighted by Gasteiger charge is -2.08. The SMILES string of the molecule is COC(=O)c1nn(-c2ccc(F)cc2)c2sc(Cl)cc2c1=O. The second kappa shape index (κ2) is 5.51. The van der Waals surface area contributed by atoms with Crippen molar-refractivity contribution in [1.82, 2.24) is 9.78 Å². The molecule has 0 atom stereocenters. The van der Waals surface area contributed by atoms with Gasteiger partial charge in [0.1, 0.15) is 10.6 Å². The summed E-state index contributed by atoms with van der Waals surface area (Å²) in [6.07, 6.45) is 0. The monoisotopic (exact) mass is 338 g/mol. The first-order valence-corrected chi connectivity index (χ1v) is 7.27. The molecule has 5 nitrogen and oxygen atoms in total. The fraction of sp³-hybridized carbons (Fsp3) is 0.0714. The molecule has 3 rings (SSSR count). The van der Waals surface area contributed by atoms with E-state index in [2.05, 4.69) is 9.84 Å². The van der Waals surface area contributed by atoms with Crippen LogP contribution in [0.5, 0.6) is 0 Å². The number of halogens is 2. The van der Waals surface area contributed by atoms with Gasteiger partial charge >= 0.3 is 5.97 Å². The van der Waals surface area contributed by atoms with Crippen molar-refractivity contribution in [2.45, 2.75) is 0 Å². The molecule has 0 bridgehead atoms. The zero-order valence-electron chi connectivity index (χ0n) is 11.2. The lowest BCUT2D eigenvalue weighted by atomic mass is 10.2. The Bertz CT molecular complexity index is 934. The van der Waals surface area contributed by atoms with Gasteiger partial charge in [-0.1, -0.05) is 11.6 Å². The molecule has 1 aromatic carbocycles. The van der Waals surface area contributed by atoms with E-state index in [0.717, 1.165) is 18.4 Å². The summed E-state index contributed by atoms with van der Waals surface area (Å²) >= 11 is 7.11. The summed E-state index contributed by atoms with van der Waals surface area (Å²) in [5.74, 6) is -1.25. The van der Waals surface area contributed by atoms with Gasteiger partial charge in [-0.3, -0.25) is 4.79 Å². The van der Waals surface area contributed by atoms with Crippen LogP contribution in [0, 0.1) is 5.82 Å². The van der Waals surface area contributed by atoms with Crippen LogP contribution < -0.4 is 5.43 Å². The van der Waals surface area contributed by atoms with Crippen LogP contribution in [-0.4, -0.2) is 22.9 Å². The van der Waals surface area contributed by atoms with E-state index in [9.17, 15) is 14.0 Å². The topological polar surface area (TPSA) is 61.2 Å². The highest BCUT2D eigenvalue weighted by Crippen LogP contribution is 2.28. The smallest absolute Gasteiger partial charge is 0.362 e. The van der Waals surface area contributed by atoms with Crippen LogP contribution in [0.2, 0.25) is 4.34 Å². The summed E-state index contributed by atoms with van der Waals surface area (Å²) in [5.41, 5.74) is -0.410. The van der Waals surface area contributed by atoms with Crippen LogP contribution in [-0.2, 0) is 4.74 Å². The summed E-state index contributed by atoms with van der Waals surface area (Å²) in [7, 11) is 1.16. The number of nitrogens with zero attached hydrogens (tertiary/aromatic N) is 2. The standard InChI is InChI=1S/C14H8ClFN2O3S/c1-21-14(20)11-12(19)9-6-10(15)22-13(9)18(17-11)8-4-2-7(16)3-5-8/h2-6H,1H3. The maximum atomic E-state index is 13.1. The molecule has 0 aliphatic rings. The van der Waals surface area contributed by atoms with Crippen molar-refractivity contribution >= 4 is 39.1 Å². The lowest BCUT2D eigenvalue weighted by molar-refractivity contribution is 0.0590. The molecule has 0 saturated carbocycles. The van der Waals surface area contributed by atoms with Crippen LogP contribution in [0.1, 0.15) is 10.5 Å². The summed E-state index contributed by atoms with van der Waals surface area (Å²) in [5, 5.41) is 4.30. The Morgan fingerprint density at radius 2 is 2.05 bits per heavy atom. The molecule has 8 heteroatoms. The van der Waals surface area contributed by atoms with E-state index in [4.69, 9.17) is 11.6 Å². The highest BCUT2D eigenvalue weighted by molar-refractivity contribution is 7.22. The Balaban J connectivity index is 2.37. The molecule has 0 spiro atoms. The number of carbonyl (C=O) groups is 1. The Morgan fingerprint density at radius 3 is 2.68 bits per heavy atom. The van der Waals surface area contributed by atoms with Crippen molar-refractivity contribution in [3.63, 3.8) is 0 Å². The average Bonchev–Trinajstić information content (AvgIpc) is 2.90. The summed E-state index contributed by atoms with van der Waals surface area (Å²) in [4.78, 5) is 24.5. The molecule has 0 aliphatic heterocycles. The Labute approximate surface area is 132 Å². The lowest BCUT2D eigenvalue weighted by Crippen LogP contribution is -2.22. The number of rotatable bonds is 2. The van der Waals surface area contributed by atoms with E-state index in [1.165, 1.54) is 35.0 Å². The van der Waals surface area contributed by atoms with Gasteiger partial charge in [0.15, 0.2) is 0 Å². The molecule has 0 aliphatic carbocycles. The van der Waals surface area contributed by atoms with Crippen molar-refractivity contribution in [3.05, 3.63) is 56.4 Å². The minimum absolute atomic E-state index is 0.259. The Hall–Kier alpha value is -2.25. The van der Waals surface area contributed by atoms with Gasteiger partial charge in [-0.15, -0.1) is 11.3 Å². The second-order valence-electron chi connectivity index (χ2n) is 4.33. The van der Waals surface area contributed by atoms with E-state index in [-0.39, 0.29) is 11.1 Å². The number of methoxy groups -OCH3 is 1. The number of hydrogen-bond acceptors (Lipinski definition) is 5. The van der Waals surface area contributed by atoms with Crippen molar-refractivity contribution < 1.29 is 13.9 Å². The molecule has 0 N–H and O–H groups in total. The minimum Gasteiger partial charge on any atom is -0.464 e. The van der Waals surface area contributed by atoms with Gasteiger partial charge in [-0.05, 0) is 30.3 Å².